The summed E-state index contributed by atoms with van der Waals surface area (Å²) in [6.45, 7) is 4.43. The van der Waals surface area contributed by atoms with E-state index in [2.05, 4.69) is 12.2 Å². The first-order chi connectivity index (χ1) is 13.4. The van der Waals surface area contributed by atoms with Gasteiger partial charge in [0.1, 0.15) is 5.75 Å². The molecule has 0 radical (unpaired) electrons. The van der Waals surface area contributed by atoms with Gasteiger partial charge in [0.05, 0.1) is 4.90 Å². The van der Waals surface area contributed by atoms with E-state index >= 15 is 0 Å². The number of carbonyl (C=O) groups is 1. The van der Waals surface area contributed by atoms with Crippen LogP contribution in [0.1, 0.15) is 32.3 Å². The van der Waals surface area contributed by atoms with E-state index in [-0.39, 0.29) is 17.4 Å². The third-order valence-electron chi connectivity index (χ3n) is 4.35. The van der Waals surface area contributed by atoms with Gasteiger partial charge >= 0.3 is 0 Å². The minimum absolute atomic E-state index is 0.118. The van der Waals surface area contributed by atoms with Crippen molar-refractivity contribution in [3.8, 4) is 5.75 Å². The number of nitrogens with zero attached hydrogens (tertiary/aromatic N) is 1. The van der Waals surface area contributed by atoms with Crippen LogP contribution in [-0.4, -0.2) is 38.8 Å². The SMILES string of the molecule is CCCCN(C)S(=O)(=O)c1ccc(NC(=O)COc2cccc(CC)c2)cc1. The molecule has 0 aliphatic carbocycles. The van der Waals surface area contributed by atoms with E-state index in [0.717, 1.165) is 24.8 Å². The summed E-state index contributed by atoms with van der Waals surface area (Å²) in [5.41, 5.74) is 1.66. The lowest BCUT2D eigenvalue weighted by Crippen LogP contribution is -2.28. The molecule has 1 amide bonds. The van der Waals surface area contributed by atoms with E-state index in [1.165, 1.54) is 16.4 Å². The Kier molecular flexibility index (Phi) is 8.02. The molecule has 0 atom stereocenters. The van der Waals surface area contributed by atoms with E-state index in [0.29, 0.717) is 18.0 Å². The van der Waals surface area contributed by atoms with Crippen LogP contribution in [0.5, 0.6) is 5.75 Å². The van der Waals surface area contributed by atoms with Crippen molar-refractivity contribution in [2.24, 2.45) is 0 Å². The molecule has 2 rings (SSSR count). The fraction of sp³-hybridized carbons (Fsp3) is 0.381. The Labute approximate surface area is 167 Å². The van der Waals surface area contributed by atoms with Crippen molar-refractivity contribution in [3.05, 3.63) is 54.1 Å². The fourth-order valence-corrected chi connectivity index (χ4v) is 3.80. The molecule has 0 unspecified atom stereocenters. The van der Waals surface area contributed by atoms with E-state index < -0.39 is 10.0 Å². The molecule has 2 aromatic rings. The topological polar surface area (TPSA) is 75.7 Å². The molecule has 0 fully saturated rings. The van der Waals surface area contributed by atoms with Gasteiger partial charge in [0.25, 0.3) is 5.91 Å². The Bertz CT molecular complexity index is 880. The zero-order valence-corrected chi connectivity index (χ0v) is 17.5. The number of rotatable bonds is 10. The molecular formula is C21H28N2O4S. The number of aryl methyl sites for hydroxylation is 1. The molecule has 0 aliphatic rings. The zero-order valence-electron chi connectivity index (χ0n) is 16.6. The van der Waals surface area contributed by atoms with Gasteiger partial charge in [-0.05, 0) is 54.8 Å². The third-order valence-corrected chi connectivity index (χ3v) is 6.22. The molecule has 0 saturated carbocycles. The van der Waals surface area contributed by atoms with Crippen molar-refractivity contribution in [2.75, 3.05) is 25.5 Å². The number of anilines is 1. The van der Waals surface area contributed by atoms with Gasteiger partial charge in [-0.1, -0.05) is 32.4 Å². The van der Waals surface area contributed by atoms with Crippen LogP contribution in [-0.2, 0) is 21.2 Å². The van der Waals surface area contributed by atoms with Crippen LogP contribution >= 0.6 is 0 Å². The smallest absolute Gasteiger partial charge is 0.262 e. The normalized spacial score (nSPS) is 11.4. The van der Waals surface area contributed by atoms with Crippen molar-refractivity contribution >= 4 is 21.6 Å². The van der Waals surface area contributed by atoms with Crippen molar-refractivity contribution in [2.45, 2.75) is 38.0 Å². The highest BCUT2D eigenvalue weighted by Gasteiger charge is 2.20. The molecule has 0 saturated heterocycles. The molecule has 6 nitrogen and oxygen atoms in total. The first-order valence-corrected chi connectivity index (χ1v) is 10.9. The van der Waals surface area contributed by atoms with Gasteiger partial charge in [0, 0.05) is 19.3 Å². The van der Waals surface area contributed by atoms with Crippen LogP contribution in [0.4, 0.5) is 5.69 Å². The monoisotopic (exact) mass is 404 g/mol. The lowest BCUT2D eigenvalue weighted by atomic mass is 10.2. The predicted octanol–water partition coefficient (Wildman–Crippen LogP) is 3.69. The van der Waals surface area contributed by atoms with Crippen molar-refractivity contribution in [1.82, 2.24) is 4.31 Å². The van der Waals surface area contributed by atoms with Gasteiger partial charge in [-0.3, -0.25) is 4.79 Å². The summed E-state index contributed by atoms with van der Waals surface area (Å²) in [4.78, 5) is 12.3. The van der Waals surface area contributed by atoms with Crippen LogP contribution in [0.2, 0.25) is 0 Å². The maximum absolute atomic E-state index is 12.5. The number of ether oxygens (including phenoxy) is 1. The van der Waals surface area contributed by atoms with Crippen molar-refractivity contribution in [3.63, 3.8) is 0 Å². The predicted molar refractivity (Wildman–Crippen MR) is 111 cm³/mol. The summed E-state index contributed by atoms with van der Waals surface area (Å²) in [5, 5.41) is 2.71. The molecule has 2 aromatic carbocycles. The zero-order chi connectivity index (χ0) is 20.6. The number of sulfonamides is 1. The summed E-state index contributed by atoms with van der Waals surface area (Å²) in [6, 6.07) is 13.8. The lowest BCUT2D eigenvalue weighted by Gasteiger charge is -2.17. The number of carbonyl (C=O) groups excluding carboxylic acids is 1. The molecule has 7 heteroatoms. The van der Waals surface area contributed by atoms with Crippen LogP contribution in [0.15, 0.2) is 53.4 Å². The highest BCUT2D eigenvalue weighted by atomic mass is 32.2. The largest absolute Gasteiger partial charge is 0.484 e. The summed E-state index contributed by atoms with van der Waals surface area (Å²) < 4.78 is 31.9. The molecular weight excluding hydrogens is 376 g/mol. The average Bonchev–Trinajstić information content (AvgIpc) is 2.71. The lowest BCUT2D eigenvalue weighted by molar-refractivity contribution is -0.118. The quantitative estimate of drug-likeness (QED) is 0.655. The van der Waals surface area contributed by atoms with Crippen LogP contribution in [0.25, 0.3) is 0 Å². The van der Waals surface area contributed by atoms with Gasteiger partial charge < -0.3 is 10.1 Å². The highest BCUT2D eigenvalue weighted by Crippen LogP contribution is 2.18. The summed E-state index contributed by atoms with van der Waals surface area (Å²) in [6.07, 6.45) is 2.63. The molecule has 0 aliphatic heterocycles. The molecule has 0 aromatic heterocycles. The fourth-order valence-electron chi connectivity index (χ4n) is 2.59. The number of nitrogens with one attached hydrogen (secondary N) is 1. The summed E-state index contributed by atoms with van der Waals surface area (Å²) in [5.74, 6) is 0.337. The van der Waals surface area contributed by atoms with E-state index in [1.807, 2.05) is 25.1 Å². The second kappa shape index (κ2) is 10.2. The van der Waals surface area contributed by atoms with Crippen molar-refractivity contribution in [1.29, 1.82) is 0 Å². The minimum atomic E-state index is -3.51. The maximum Gasteiger partial charge on any atom is 0.262 e. The molecule has 28 heavy (non-hydrogen) atoms. The van der Waals surface area contributed by atoms with Gasteiger partial charge in [0.2, 0.25) is 10.0 Å². The maximum atomic E-state index is 12.5. The highest BCUT2D eigenvalue weighted by molar-refractivity contribution is 7.89. The standard InChI is InChI=1S/C21H28N2O4S/c1-4-6-14-23(3)28(25,26)20-12-10-18(11-13-20)22-21(24)16-27-19-9-7-8-17(5-2)15-19/h7-13,15H,4-6,14,16H2,1-3H3,(H,22,24). The second-order valence-electron chi connectivity index (χ2n) is 6.54. The Morgan fingerprint density at radius 2 is 1.82 bits per heavy atom. The summed E-state index contributed by atoms with van der Waals surface area (Å²) >= 11 is 0. The van der Waals surface area contributed by atoms with Crippen LogP contribution < -0.4 is 10.1 Å². The van der Waals surface area contributed by atoms with Gasteiger partial charge in [0.15, 0.2) is 6.61 Å². The van der Waals surface area contributed by atoms with Crippen molar-refractivity contribution < 1.29 is 17.9 Å². The number of hydrogen-bond donors (Lipinski definition) is 1. The number of unbranched alkanes of at least 4 members (excludes halogenated alkanes) is 1. The molecule has 0 spiro atoms. The Balaban J connectivity index is 1.93. The molecule has 1 N–H and O–H groups in total. The van der Waals surface area contributed by atoms with Gasteiger partial charge in [-0.25, -0.2) is 12.7 Å². The Morgan fingerprint density at radius 3 is 2.46 bits per heavy atom. The van der Waals surface area contributed by atoms with Gasteiger partial charge in [-0.2, -0.15) is 0 Å². The third kappa shape index (κ3) is 6.07. The van der Waals surface area contributed by atoms with E-state index in [4.69, 9.17) is 4.74 Å². The Hall–Kier alpha value is -2.38. The first kappa shape index (κ1) is 21.9. The number of amides is 1. The second-order valence-corrected chi connectivity index (χ2v) is 8.59. The average molecular weight is 405 g/mol. The molecule has 0 heterocycles. The van der Waals surface area contributed by atoms with E-state index in [9.17, 15) is 13.2 Å². The first-order valence-electron chi connectivity index (χ1n) is 9.44. The number of hydrogen-bond acceptors (Lipinski definition) is 4. The molecule has 152 valence electrons. The van der Waals surface area contributed by atoms with Gasteiger partial charge in [-0.15, -0.1) is 0 Å². The number of benzene rings is 2. The molecule has 0 bridgehead atoms. The Morgan fingerprint density at radius 1 is 1.11 bits per heavy atom. The van der Waals surface area contributed by atoms with E-state index in [1.54, 1.807) is 25.2 Å². The summed E-state index contributed by atoms with van der Waals surface area (Å²) in [7, 11) is -1.94. The van der Waals surface area contributed by atoms with Crippen LogP contribution in [0.3, 0.4) is 0 Å². The van der Waals surface area contributed by atoms with Crippen LogP contribution in [0, 0.1) is 0 Å². The minimum Gasteiger partial charge on any atom is -0.484 e.